The standard InChI is InChI=1S/C17H16N2O2/c1-19(2)16-9-5-8-13(10-16)17(20)21-12-15-7-4-3-6-14(15)11-18/h3-10H,12H2,1-2H3. The van der Waals surface area contributed by atoms with Gasteiger partial charge in [-0.3, -0.25) is 0 Å². The van der Waals surface area contributed by atoms with E-state index in [1.807, 2.05) is 37.2 Å². The Morgan fingerprint density at radius 1 is 1.19 bits per heavy atom. The molecule has 0 radical (unpaired) electrons. The summed E-state index contributed by atoms with van der Waals surface area (Å²) in [6.07, 6.45) is 0. The molecule has 106 valence electrons. The third kappa shape index (κ3) is 3.61. The van der Waals surface area contributed by atoms with Gasteiger partial charge in [0.1, 0.15) is 6.61 Å². The zero-order valence-corrected chi connectivity index (χ0v) is 12.0. The molecule has 2 aromatic rings. The van der Waals surface area contributed by atoms with E-state index in [1.165, 1.54) is 0 Å². The van der Waals surface area contributed by atoms with Crippen molar-refractivity contribution in [3.63, 3.8) is 0 Å². The van der Waals surface area contributed by atoms with Crippen molar-refractivity contribution < 1.29 is 9.53 Å². The van der Waals surface area contributed by atoms with Crippen LogP contribution < -0.4 is 4.90 Å². The SMILES string of the molecule is CN(C)c1cccc(C(=O)OCc2ccccc2C#N)c1. The molecule has 0 saturated carbocycles. The summed E-state index contributed by atoms with van der Waals surface area (Å²) in [5, 5.41) is 9.00. The fourth-order valence-corrected chi connectivity index (χ4v) is 1.89. The Hall–Kier alpha value is -2.80. The highest BCUT2D eigenvalue weighted by Crippen LogP contribution is 2.15. The molecule has 21 heavy (non-hydrogen) atoms. The van der Waals surface area contributed by atoms with E-state index < -0.39 is 5.97 Å². The number of rotatable bonds is 4. The summed E-state index contributed by atoms with van der Waals surface area (Å²) in [4.78, 5) is 14.0. The smallest absolute Gasteiger partial charge is 0.338 e. The van der Waals surface area contributed by atoms with Crippen LogP contribution in [0, 0.1) is 11.3 Å². The molecule has 0 N–H and O–H groups in total. The predicted octanol–water partition coefficient (Wildman–Crippen LogP) is 2.98. The maximum absolute atomic E-state index is 12.1. The molecule has 4 heteroatoms. The van der Waals surface area contributed by atoms with Gasteiger partial charge in [0.25, 0.3) is 0 Å². The summed E-state index contributed by atoms with van der Waals surface area (Å²) in [5.74, 6) is -0.397. The molecule has 0 unspecified atom stereocenters. The Labute approximate surface area is 124 Å². The Morgan fingerprint density at radius 2 is 1.95 bits per heavy atom. The lowest BCUT2D eigenvalue weighted by atomic mass is 10.1. The summed E-state index contributed by atoms with van der Waals surface area (Å²) >= 11 is 0. The van der Waals surface area contributed by atoms with Gasteiger partial charge in [-0.2, -0.15) is 5.26 Å². The van der Waals surface area contributed by atoms with Gasteiger partial charge in [0, 0.05) is 25.3 Å². The van der Waals surface area contributed by atoms with Gasteiger partial charge in [-0.1, -0.05) is 24.3 Å². The third-order valence-electron chi connectivity index (χ3n) is 3.09. The van der Waals surface area contributed by atoms with E-state index in [9.17, 15) is 4.79 Å². The van der Waals surface area contributed by atoms with Crippen LogP contribution in [0.15, 0.2) is 48.5 Å². The van der Waals surface area contributed by atoms with Crippen LogP contribution in [0.1, 0.15) is 21.5 Å². The normalized spacial score (nSPS) is 9.76. The fraction of sp³-hybridized carbons (Fsp3) is 0.176. The van der Waals surface area contributed by atoms with Crippen molar-refractivity contribution in [1.82, 2.24) is 0 Å². The molecular weight excluding hydrogens is 264 g/mol. The van der Waals surface area contributed by atoms with Crippen LogP contribution in [0.5, 0.6) is 0 Å². The summed E-state index contributed by atoms with van der Waals surface area (Å²) in [5.41, 5.74) is 2.65. The molecule has 0 aliphatic carbocycles. The molecule has 0 spiro atoms. The van der Waals surface area contributed by atoms with E-state index >= 15 is 0 Å². The predicted molar refractivity (Wildman–Crippen MR) is 81.0 cm³/mol. The molecule has 0 heterocycles. The first-order valence-corrected chi connectivity index (χ1v) is 6.54. The second kappa shape index (κ2) is 6.58. The third-order valence-corrected chi connectivity index (χ3v) is 3.09. The molecule has 0 aromatic heterocycles. The second-order valence-corrected chi connectivity index (χ2v) is 4.79. The van der Waals surface area contributed by atoms with Gasteiger partial charge in [-0.05, 0) is 24.3 Å². The Bertz CT molecular complexity index is 687. The van der Waals surface area contributed by atoms with Crippen molar-refractivity contribution in [2.24, 2.45) is 0 Å². The van der Waals surface area contributed by atoms with E-state index in [4.69, 9.17) is 10.00 Å². The highest BCUT2D eigenvalue weighted by atomic mass is 16.5. The molecule has 4 nitrogen and oxygen atoms in total. The van der Waals surface area contributed by atoms with Crippen molar-refractivity contribution in [1.29, 1.82) is 5.26 Å². The van der Waals surface area contributed by atoms with Crippen molar-refractivity contribution in [2.45, 2.75) is 6.61 Å². The van der Waals surface area contributed by atoms with Crippen molar-refractivity contribution in [3.8, 4) is 6.07 Å². The van der Waals surface area contributed by atoms with E-state index in [2.05, 4.69) is 6.07 Å². The molecule has 2 rings (SSSR count). The Balaban J connectivity index is 2.09. The average Bonchev–Trinajstić information content (AvgIpc) is 2.52. The van der Waals surface area contributed by atoms with E-state index in [1.54, 1.807) is 30.3 Å². The fourth-order valence-electron chi connectivity index (χ4n) is 1.89. The van der Waals surface area contributed by atoms with Gasteiger partial charge in [-0.15, -0.1) is 0 Å². The van der Waals surface area contributed by atoms with Gasteiger partial charge in [0.2, 0.25) is 0 Å². The molecule has 0 atom stereocenters. The Kier molecular flexibility index (Phi) is 4.57. The largest absolute Gasteiger partial charge is 0.457 e. The molecular formula is C17H16N2O2. The van der Waals surface area contributed by atoms with E-state index in [0.717, 1.165) is 5.69 Å². The highest BCUT2D eigenvalue weighted by molar-refractivity contribution is 5.90. The number of anilines is 1. The first kappa shape index (κ1) is 14.6. The van der Waals surface area contributed by atoms with Gasteiger partial charge < -0.3 is 9.64 Å². The average molecular weight is 280 g/mol. The van der Waals surface area contributed by atoms with Crippen LogP contribution in [0.2, 0.25) is 0 Å². The van der Waals surface area contributed by atoms with Crippen LogP contribution in [0.25, 0.3) is 0 Å². The minimum Gasteiger partial charge on any atom is -0.457 e. The van der Waals surface area contributed by atoms with E-state index in [0.29, 0.717) is 16.7 Å². The summed E-state index contributed by atoms with van der Waals surface area (Å²) < 4.78 is 5.28. The zero-order chi connectivity index (χ0) is 15.2. The number of carbonyl (C=O) groups is 1. The van der Waals surface area contributed by atoms with Gasteiger partial charge >= 0.3 is 5.97 Å². The topological polar surface area (TPSA) is 53.3 Å². The van der Waals surface area contributed by atoms with E-state index in [-0.39, 0.29) is 6.61 Å². The van der Waals surface area contributed by atoms with Gasteiger partial charge in [0.15, 0.2) is 0 Å². The van der Waals surface area contributed by atoms with Crippen molar-refractivity contribution in [3.05, 3.63) is 65.2 Å². The lowest BCUT2D eigenvalue weighted by Gasteiger charge is -2.13. The maximum Gasteiger partial charge on any atom is 0.338 e. The first-order valence-electron chi connectivity index (χ1n) is 6.54. The lowest BCUT2D eigenvalue weighted by molar-refractivity contribution is 0.0472. The molecule has 0 aliphatic heterocycles. The minimum atomic E-state index is -0.397. The van der Waals surface area contributed by atoms with Crippen LogP contribution in [-0.4, -0.2) is 20.1 Å². The zero-order valence-electron chi connectivity index (χ0n) is 12.0. The summed E-state index contributed by atoms with van der Waals surface area (Å²) in [6, 6.07) is 16.4. The molecule has 0 saturated heterocycles. The number of ether oxygens (including phenoxy) is 1. The quantitative estimate of drug-likeness (QED) is 0.808. The maximum atomic E-state index is 12.1. The molecule has 0 amide bonds. The number of esters is 1. The molecule has 0 aliphatic rings. The van der Waals surface area contributed by atoms with Crippen LogP contribution in [0.3, 0.4) is 0 Å². The number of carbonyl (C=O) groups excluding carboxylic acids is 1. The number of nitriles is 1. The lowest BCUT2D eigenvalue weighted by Crippen LogP contribution is -2.11. The van der Waals surface area contributed by atoms with Gasteiger partial charge in [0.05, 0.1) is 17.2 Å². The van der Waals surface area contributed by atoms with Crippen molar-refractivity contribution in [2.75, 3.05) is 19.0 Å². The van der Waals surface area contributed by atoms with Crippen molar-refractivity contribution >= 4 is 11.7 Å². The Morgan fingerprint density at radius 3 is 2.67 bits per heavy atom. The summed E-state index contributed by atoms with van der Waals surface area (Å²) in [7, 11) is 3.82. The number of hydrogen-bond donors (Lipinski definition) is 0. The minimum absolute atomic E-state index is 0.0920. The second-order valence-electron chi connectivity index (χ2n) is 4.79. The van der Waals surface area contributed by atoms with Crippen LogP contribution in [-0.2, 0) is 11.3 Å². The number of nitrogens with zero attached hydrogens (tertiary/aromatic N) is 2. The van der Waals surface area contributed by atoms with Crippen LogP contribution in [0.4, 0.5) is 5.69 Å². The number of hydrogen-bond acceptors (Lipinski definition) is 4. The molecule has 0 bridgehead atoms. The molecule has 0 fully saturated rings. The summed E-state index contributed by atoms with van der Waals surface area (Å²) in [6.45, 7) is 0.0920. The highest BCUT2D eigenvalue weighted by Gasteiger charge is 2.10. The first-order chi connectivity index (χ1) is 10.1. The monoisotopic (exact) mass is 280 g/mol. The van der Waals surface area contributed by atoms with Crippen LogP contribution >= 0.6 is 0 Å². The molecule has 2 aromatic carbocycles. The van der Waals surface area contributed by atoms with Gasteiger partial charge in [-0.25, -0.2) is 4.79 Å². The number of benzene rings is 2.